The number of aliphatic hydroxyl groups excluding tert-OH is 1. The number of amides is 2. The molecule has 1 saturated heterocycles. The topological polar surface area (TPSA) is 115 Å². The largest absolute Gasteiger partial charge is 0.487 e. The summed E-state index contributed by atoms with van der Waals surface area (Å²) in [5.74, 6) is 2.16. The van der Waals surface area contributed by atoms with Crippen molar-refractivity contribution in [3.05, 3.63) is 47.5 Å². The normalized spacial score (nSPS) is 25.9. The molecule has 0 bridgehead atoms. The zero-order valence-corrected chi connectivity index (χ0v) is 19.2. The van der Waals surface area contributed by atoms with Crippen molar-refractivity contribution in [3.63, 3.8) is 0 Å². The molecule has 2 amide bonds. The van der Waals surface area contributed by atoms with E-state index >= 15 is 0 Å². The fourth-order valence-electron chi connectivity index (χ4n) is 5.07. The lowest BCUT2D eigenvalue weighted by atomic mass is 9.84. The van der Waals surface area contributed by atoms with Gasteiger partial charge in [0.05, 0.1) is 19.1 Å². The van der Waals surface area contributed by atoms with Crippen molar-refractivity contribution in [2.24, 2.45) is 5.92 Å². The zero-order valence-electron chi connectivity index (χ0n) is 19.2. The van der Waals surface area contributed by atoms with Gasteiger partial charge in [0.2, 0.25) is 12.7 Å². The van der Waals surface area contributed by atoms with Crippen molar-refractivity contribution >= 4 is 17.5 Å². The first-order valence-corrected chi connectivity index (χ1v) is 12.1. The SMILES string of the molecule is O=C(C[C@H]1C[C@H]2c3cc(NC(=O)c4ccc5c(c4)OCO5)ccc3O[C@H]2[C@@H](CO)O1)NCC1CC1. The summed E-state index contributed by atoms with van der Waals surface area (Å²) in [6, 6.07) is 10.6. The van der Waals surface area contributed by atoms with Crippen LogP contribution in [0.15, 0.2) is 36.4 Å². The van der Waals surface area contributed by atoms with E-state index in [0.29, 0.717) is 40.8 Å². The Morgan fingerprint density at radius 1 is 1.03 bits per heavy atom. The number of nitrogens with one attached hydrogen (secondary N) is 2. The van der Waals surface area contributed by atoms with Crippen LogP contribution < -0.4 is 24.8 Å². The van der Waals surface area contributed by atoms with Crippen molar-refractivity contribution in [1.29, 1.82) is 0 Å². The van der Waals surface area contributed by atoms with Crippen LogP contribution in [-0.4, -0.2) is 55.2 Å². The number of benzene rings is 2. The van der Waals surface area contributed by atoms with Crippen LogP contribution in [-0.2, 0) is 9.53 Å². The second kappa shape index (κ2) is 9.05. The Labute approximate surface area is 202 Å². The molecular formula is C26H28N2O7. The van der Waals surface area contributed by atoms with E-state index in [1.807, 2.05) is 12.1 Å². The van der Waals surface area contributed by atoms with Gasteiger partial charge in [0, 0.05) is 29.3 Å². The number of ether oxygens (including phenoxy) is 4. The third-order valence-electron chi connectivity index (χ3n) is 7.09. The highest BCUT2D eigenvalue weighted by atomic mass is 16.7. The molecule has 2 fully saturated rings. The summed E-state index contributed by atoms with van der Waals surface area (Å²) in [5, 5.41) is 15.9. The van der Waals surface area contributed by atoms with Gasteiger partial charge in [0.15, 0.2) is 11.5 Å². The van der Waals surface area contributed by atoms with E-state index in [1.54, 1.807) is 24.3 Å². The second-order valence-electron chi connectivity index (χ2n) is 9.63. The van der Waals surface area contributed by atoms with Gasteiger partial charge in [-0.2, -0.15) is 0 Å². The Bertz CT molecular complexity index is 1150. The third-order valence-corrected chi connectivity index (χ3v) is 7.09. The van der Waals surface area contributed by atoms with Gasteiger partial charge in [0.25, 0.3) is 5.91 Å². The minimum atomic E-state index is -0.519. The number of aliphatic hydroxyl groups is 1. The highest BCUT2D eigenvalue weighted by molar-refractivity contribution is 6.04. The van der Waals surface area contributed by atoms with Crippen LogP contribution >= 0.6 is 0 Å². The minimum Gasteiger partial charge on any atom is -0.487 e. The molecule has 9 nitrogen and oxygen atoms in total. The van der Waals surface area contributed by atoms with Crippen molar-refractivity contribution in [1.82, 2.24) is 5.32 Å². The van der Waals surface area contributed by atoms with Crippen LogP contribution in [0.3, 0.4) is 0 Å². The lowest BCUT2D eigenvalue weighted by Crippen LogP contribution is -2.47. The lowest BCUT2D eigenvalue weighted by molar-refractivity contribution is -0.142. The van der Waals surface area contributed by atoms with E-state index in [9.17, 15) is 14.7 Å². The van der Waals surface area contributed by atoms with E-state index in [2.05, 4.69) is 10.6 Å². The highest BCUT2D eigenvalue weighted by Crippen LogP contribution is 2.47. The first-order chi connectivity index (χ1) is 17.1. The van der Waals surface area contributed by atoms with Crippen molar-refractivity contribution in [2.45, 2.75) is 49.9 Å². The van der Waals surface area contributed by atoms with E-state index in [0.717, 1.165) is 12.1 Å². The predicted octanol–water partition coefficient (Wildman–Crippen LogP) is 2.58. The average molecular weight is 481 g/mol. The molecule has 0 aromatic heterocycles. The second-order valence-corrected chi connectivity index (χ2v) is 9.63. The van der Waals surface area contributed by atoms with Gasteiger partial charge in [-0.3, -0.25) is 9.59 Å². The number of rotatable bonds is 7. The fourth-order valence-corrected chi connectivity index (χ4v) is 5.07. The van der Waals surface area contributed by atoms with Crippen LogP contribution in [0, 0.1) is 5.92 Å². The summed E-state index contributed by atoms with van der Waals surface area (Å²) >= 11 is 0. The molecule has 1 aliphatic carbocycles. The Morgan fingerprint density at radius 3 is 2.69 bits per heavy atom. The molecule has 3 heterocycles. The summed E-state index contributed by atoms with van der Waals surface area (Å²) < 4.78 is 22.8. The molecule has 3 aliphatic heterocycles. The van der Waals surface area contributed by atoms with Crippen molar-refractivity contribution in [3.8, 4) is 17.2 Å². The minimum absolute atomic E-state index is 0.0269. The summed E-state index contributed by atoms with van der Waals surface area (Å²) in [4.78, 5) is 25.3. The Balaban J connectivity index is 1.16. The smallest absolute Gasteiger partial charge is 0.255 e. The number of fused-ring (bicyclic) bond motifs is 4. The average Bonchev–Trinajstić information content (AvgIpc) is 3.45. The monoisotopic (exact) mass is 480 g/mol. The van der Waals surface area contributed by atoms with Gasteiger partial charge in [-0.15, -0.1) is 0 Å². The van der Waals surface area contributed by atoms with Gasteiger partial charge in [-0.25, -0.2) is 0 Å². The molecule has 4 aliphatic rings. The van der Waals surface area contributed by atoms with Gasteiger partial charge < -0.3 is 34.7 Å². The van der Waals surface area contributed by atoms with Crippen molar-refractivity contribution < 1.29 is 33.6 Å². The molecule has 0 spiro atoms. The predicted molar refractivity (Wildman–Crippen MR) is 125 cm³/mol. The Hall–Kier alpha value is -3.30. The molecule has 184 valence electrons. The molecule has 4 atom stereocenters. The lowest BCUT2D eigenvalue weighted by Gasteiger charge is -2.37. The molecule has 9 heteroatoms. The van der Waals surface area contributed by atoms with E-state index in [4.69, 9.17) is 18.9 Å². The summed E-state index contributed by atoms with van der Waals surface area (Å²) in [6.45, 7) is 0.679. The number of carbonyl (C=O) groups is 2. The van der Waals surface area contributed by atoms with Crippen LogP contribution in [0.25, 0.3) is 0 Å². The molecule has 1 saturated carbocycles. The summed E-state index contributed by atoms with van der Waals surface area (Å²) in [7, 11) is 0. The Kier molecular flexibility index (Phi) is 5.74. The molecular weight excluding hydrogens is 452 g/mol. The summed E-state index contributed by atoms with van der Waals surface area (Å²) in [5.41, 5.74) is 2.05. The zero-order chi connectivity index (χ0) is 23.9. The van der Waals surface area contributed by atoms with Gasteiger partial charge in [-0.05, 0) is 61.6 Å². The quantitative estimate of drug-likeness (QED) is 0.558. The maximum absolute atomic E-state index is 12.8. The van der Waals surface area contributed by atoms with Crippen molar-refractivity contribution in [2.75, 3.05) is 25.3 Å². The van der Waals surface area contributed by atoms with E-state index < -0.39 is 6.10 Å². The van der Waals surface area contributed by atoms with Crippen LogP contribution in [0.1, 0.15) is 47.5 Å². The molecule has 2 aromatic rings. The molecule has 35 heavy (non-hydrogen) atoms. The van der Waals surface area contributed by atoms with Crippen LogP contribution in [0.2, 0.25) is 0 Å². The molecule has 3 N–H and O–H groups in total. The van der Waals surface area contributed by atoms with Gasteiger partial charge >= 0.3 is 0 Å². The number of carbonyl (C=O) groups excluding carboxylic acids is 2. The third kappa shape index (κ3) is 4.53. The van der Waals surface area contributed by atoms with Crippen LogP contribution in [0.4, 0.5) is 5.69 Å². The number of anilines is 1. The van der Waals surface area contributed by atoms with Gasteiger partial charge in [-0.1, -0.05) is 0 Å². The summed E-state index contributed by atoms with van der Waals surface area (Å²) in [6.07, 6.45) is 2.05. The van der Waals surface area contributed by atoms with Gasteiger partial charge in [0.1, 0.15) is 18.0 Å². The molecule has 6 rings (SSSR count). The first kappa shape index (κ1) is 22.2. The molecule has 2 aromatic carbocycles. The molecule has 0 unspecified atom stereocenters. The van der Waals surface area contributed by atoms with E-state index in [1.165, 1.54) is 12.8 Å². The maximum atomic E-state index is 12.8. The Morgan fingerprint density at radius 2 is 1.86 bits per heavy atom. The maximum Gasteiger partial charge on any atom is 0.255 e. The molecule has 0 radical (unpaired) electrons. The first-order valence-electron chi connectivity index (χ1n) is 12.1. The standard InChI is InChI=1S/C26H28N2O7/c29-12-23-25-19(9-17(34-23)10-24(30)27-11-14-1-2-14)18-8-16(4-6-20(18)35-25)28-26(31)15-3-5-21-22(7-15)33-13-32-21/h3-8,14,17,19,23,25,29H,1-2,9-13H2,(H,27,30)(H,28,31)/t17-,19+,23-,25-/m1/s1. The number of hydrogen-bond donors (Lipinski definition) is 3. The van der Waals surface area contributed by atoms with Crippen LogP contribution in [0.5, 0.6) is 17.2 Å². The number of hydrogen-bond acceptors (Lipinski definition) is 7. The highest BCUT2D eigenvalue weighted by Gasteiger charge is 2.46. The van der Waals surface area contributed by atoms with E-state index in [-0.39, 0.29) is 49.8 Å². The fraction of sp³-hybridized carbons (Fsp3) is 0.462.